The van der Waals surface area contributed by atoms with Gasteiger partial charge in [0.15, 0.2) is 15.6 Å². The lowest BCUT2D eigenvalue weighted by molar-refractivity contribution is -0.129. The molecule has 0 aliphatic carbocycles. The molecule has 1 heterocycles. The van der Waals surface area contributed by atoms with E-state index < -0.39 is 32.6 Å². The summed E-state index contributed by atoms with van der Waals surface area (Å²) >= 11 is 0. The Bertz CT molecular complexity index is 883. The molecule has 0 aromatic heterocycles. The van der Waals surface area contributed by atoms with Crippen LogP contribution in [0.25, 0.3) is 0 Å². The van der Waals surface area contributed by atoms with E-state index in [9.17, 15) is 18.0 Å². The molecule has 1 aliphatic heterocycles. The largest absolute Gasteiger partial charge is 0.368 e. The number of sulfone groups is 1. The lowest BCUT2D eigenvalue weighted by Crippen LogP contribution is -2.58. The van der Waals surface area contributed by atoms with Gasteiger partial charge in [0.05, 0.1) is 11.9 Å². The van der Waals surface area contributed by atoms with Crippen LogP contribution in [0.4, 0.5) is 0 Å². The molecule has 0 saturated carbocycles. The molecule has 1 amide bonds. The molecule has 168 valence electrons. The highest BCUT2D eigenvalue weighted by atomic mass is 32.2. The molecule has 1 fully saturated rings. The van der Waals surface area contributed by atoms with Crippen molar-refractivity contribution in [2.75, 3.05) is 6.61 Å². The van der Waals surface area contributed by atoms with Crippen LogP contribution in [0, 0.1) is 5.92 Å². The first-order chi connectivity index (χ1) is 13.7. The second-order valence-electron chi connectivity index (χ2n) is 9.94. The van der Waals surface area contributed by atoms with Crippen LogP contribution in [0.15, 0.2) is 24.3 Å². The SMILES string of the molecule is CC(C)C[C@H](C(=O)N[C@@]1(C)C(=O)COC1C)S(=O)(=O)Cc1ccc(C(C)(C)C)cc1. The van der Waals surface area contributed by atoms with Crippen molar-refractivity contribution >= 4 is 21.5 Å². The van der Waals surface area contributed by atoms with Gasteiger partial charge < -0.3 is 10.1 Å². The maximum Gasteiger partial charge on any atom is 0.239 e. The monoisotopic (exact) mass is 437 g/mol. The van der Waals surface area contributed by atoms with E-state index in [2.05, 4.69) is 26.1 Å². The summed E-state index contributed by atoms with van der Waals surface area (Å²) in [7, 11) is -3.79. The molecule has 1 unspecified atom stereocenters. The van der Waals surface area contributed by atoms with Crippen LogP contribution in [-0.2, 0) is 35.3 Å². The Morgan fingerprint density at radius 1 is 1.23 bits per heavy atom. The Morgan fingerprint density at radius 3 is 2.23 bits per heavy atom. The number of benzene rings is 1. The highest BCUT2D eigenvalue weighted by molar-refractivity contribution is 7.92. The van der Waals surface area contributed by atoms with Gasteiger partial charge in [-0.3, -0.25) is 9.59 Å². The van der Waals surface area contributed by atoms with Gasteiger partial charge >= 0.3 is 0 Å². The first-order valence-electron chi connectivity index (χ1n) is 10.4. The fraction of sp³-hybridized carbons (Fsp3) is 0.652. The molecule has 0 bridgehead atoms. The molecule has 30 heavy (non-hydrogen) atoms. The fourth-order valence-electron chi connectivity index (χ4n) is 3.53. The van der Waals surface area contributed by atoms with Gasteiger partial charge in [0.25, 0.3) is 0 Å². The Balaban J connectivity index is 2.26. The Kier molecular flexibility index (Phi) is 7.19. The zero-order valence-electron chi connectivity index (χ0n) is 19.1. The zero-order valence-corrected chi connectivity index (χ0v) is 19.9. The van der Waals surface area contributed by atoms with Crippen LogP contribution in [0.3, 0.4) is 0 Å². The molecule has 1 aromatic carbocycles. The Labute approximate surface area is 180 Å². The summed E-state index contributed by atoms with van der Waals surface area (Å²) in [5.41, 5.74) is 0.515. The van der Waals surface area contributed by atoms with E-state index in [4.69, 9.17) is 4.74 Å². The second kappa shape index (κ2) is 8.79. The van der Waals surface area contributed by atoms with E-state index in [0.717, 1.165) is 5.56 Å². The highest BCUT2D eigenvalue weighted by Crippen LogP contribution is 2.26. The van der Waals surface area contributed by atoms with E-state index in [1.807, 2.05) is 26.0 Å². The Hall–Kier alpha value is -1.73. The summed E-state index contributed by atoms with van der Waals surface area (Å²) in [6.45, 7) is 13.2. The summed E-state index contributed by atoms with van der Waals surface area (Å²) in [4.78, 5) is 25.3. The van der Waals surface area contributed by atoms with E-state index in [1.165, 1.54) is 0 Å². The molecule has 2 rings (SSSR count). The highest BCUT2D eigenvalue weighted by Gasteiger charge is 2.48. The minimum absolute atomic E-state index is 0.000416. The maximum atomic E-state index is 13.2. The lowest BCUT2D eigenvalue weighted by atomic mass is 9.87. The van der Waals surface area contributed by atoms with Crippen molar-refractivity contribution in [1.82, 2.24) is 5.32 Å². The average molecular weight is 438 g/mol. The van der Waals surface area contributed by atoms with E-state index in [1.54, 1.807) is 26.0 Å². The molecule has 0 spiro atoms. The molecule has 3 atom stereocenters. The van der Waals surface area contributed by atoms with Crippen molar-refractivity contribution in [1.29, 1.82) is 0 Å². The first-order valence-corrected chi connectivity index (χ1v) is 12.2. The maximum absolute atomic E-state index is 13.2. The van der Waals surface area contributed by atoms with Gasteiger partial charge in [0.1, 0.15) is 17.4 Å². The van der Waals surface area contributed by atoms with E-state index >= 15 is 0 Å². The summed E-state index contributed by atoms with van der Waals surface area (Å²) in [6.07, 6.45) is -0.324. The first kappa shape index (κ1) is 24.5. The Morgan fingerprint density at radius 2 is 1.80 bits per heavy atom. The molecule has 1 N–H and O–H groups in total. The fourth-order valence-corrected chi connectivity index (χ4v) is 5.45. The molecule has 0 radical (unpaired) electrons. The number of hydrogen-bond donors (Lipinski definition) is 1. The third-order valence-electron chi connectivity index (χ3n) is 5.84. The second-order valence-corrected chi connectivity index (χ2v) is 12.1. The number of hydrogen-bond acceptors (Lipinski definition) is 5. The predicted octanol–water partition coefficient (Wildman–Crippen LogP) is 3.18. The van der Waals surface area contributed by atoms with Gasteiger partial charge in [-0.2, -0.15) is 0 Å². The van der Waals surface area contributed by atoms with Gasteiger partial charge in [-0.15, -0.1) is 0 Å². The number of nitrogens with one attached hydrogen (secondary N) is 1. The molecule has 7 heteroatoms. The minimum atomic E-state index is -3.79. The van der Waals surface area contributed by atoms with Gasteiger partial charge in [-0.05, 0) is 42.7 Å². The standard InChI is InChI=1S/C23H35NO5S/c1-15(2)12-19(21(26)24-23(7)16(3)29-13-20(23)25)30(27,28)14-17-8-10-18(11-9-17)22(4,5)6/h8-11,15-16,19H,12-14H2,1-7H3,(H,24,26)/t16?,19-,23-/m1/s1. The van der Waals surface area contributed by atoms with Crippen molar-refractivity contribution < 1.29 is 22.7 Å². The molecular formula is C23H35NO5S. The van der Waals surface area contributed by atoms with Crippen LogP contribution in [0.1, 0.15) is 66.0 Å². The third kappa shape index (κ3) is 5.49. The number of carbonyl (C=O) groups excluding carboxylic acids is 2. The molecule has 1 aromatic rings. The van der Waals surface area contributed by atoms with Crippen LogP contribution in [0.5, 0.6) is 0 Å². The van der Waals surface area contributed by atoms with Crippen molar-refractivity contribution in [3.8, 4) is 0 Å². The third-order valence-corrected chi connectivity index (χ3v) is 7.85. The van der Waals surface area contributed by atoms with Crippen molar-refractivity contribution in [3.05, 3.63) is 35.4 Å². The van der Waals surface area contributed by atoms with Crippen LogP contribution in [0.2, 0.25) is 0 Å². The molecule has 1 aliphatic rings. The van der Waals surface area contributed by atoms with Crippen LogP contribution >= 0.6 is 0 Å². The number of amides is 1. The molecule has 6 nitrogen and oxygen atoms in total. The summed E-state index contributed by atoms with van der Waals surface area (Å²) in [5, 5.41) is 1.46. The zero-order chi connectivity index (χ0) is 22.9. The van der Waals surface area contributed by atoms with Crippen molar-refractivity contribution in [2.24, 2.45) is 5.92 Å². The number of ether oxygens (including phenoxy) is 1. The topological polar surface area (TPSA) is 89.5 Å². The normalized spacial score (nSPS) is 23.6. The van der Waals surface area contributed by atoms with Gasteiger partial charge in [0.2, 0.25) is 5.91 Å². The van der Waals surface area contributed by atoms with Gasteiger partial charge in [0, 0.05) is 0 Å². The van der Waals surface area contributed by atoms with Crippen LogP contribution < -0.4 is 5.32 Å². The van der Waals surface area contributed by atoms with Gasteiger partial charge in [-0.1, -0.05) is 58.9 Å². The average Bonchev–Trinajstić information content (AvgIpc) is 2.86. The van der Waals surface area contributed by atoms with Gasteiger partial charge in [-0.25, -0.2) is 8.42 Å². The van der Waals surface area contributed by atoms with E-state index in [0.29, 0.717) is 5.56 Å². The number of carbonyl (C=O) groups is 2. The van der Waals surface area contributed by atoms with Crippen molar-refractivity contribution in [2.45, 2.75) is 82.9 Å². The van der Waals surface area contributed by atoms with Crippen LogP contribution in [-0.4, -0.2) is 43.6 Å². The number of Topliss-reactive ketones (excluding diaryl/α,β-unsaturated/α-hetero) is 1. The minimum Gasteiger partial charge on any atom is -0.368 e. The quantitative estimate of drug-likeness (QED) is 0.708. The number of ketones is 1. The predicted molar refractivity (Wildman–Crippen MR) is 118 cm³/mol. The molecular weight excluding hydrogens is 402 g/mol. The molecule has 1 saturated heterocycles. The summed E-state index contributed by atoms with van der Waals surface area (Å²) < 4.78 is 31.8. The summed E-state index contributed by atoms with van der Waals surface area (Å²) in [5.74, 6) is -1.11. The van der Waals surface area contributed by atoms with E-state index in [-0.39, 0.29) is 35.9 Å². The smallest absolute Gasteiger partial charge is 0.239 e. The summed E-state index contributed by atoms with van der Waals surface area (Å²) in [6, 6.07) is 7.47. The van der Waals surface area contributed by atoms with Crippen molar-refractivity contribution in [3.63, 3.8) is 0 Å². The number of rotatable bonds is 7. The lowest BCUT2D eigenvalue weighted by Gasteiger charge is -2.30.